The summed E-state index contributed by atoms with van der Waals surface area (Å²) in [5.74, 6) is 0.106. The van der Waals surface area contributed by atoms with E-state index in [1.54, 1.807) is 0 Å². The standard InChI is InChI=1S/C12H13NOS/c1-9-2-3-10-4-6-13(11(10)8-9)12(14)5-7-15/h2-3,7-8H,4-6H2,1H3. The molecule has 0 aromatic heterocycles. The SMILES string of the molecule is Cc1ccc2c(c1)N(C(=O)CC=S)CC2. The average molecular weight is 219 g/mol. The van der Waals surface area contributed by atoms with E-state index < -0.39 is 0 Å². The van der Waals surface area contributed by atoms with Crippen molar-refractivity contribution in [2.24, 2.45) is 0 Å². The molecule has 0 fully saturated rings. The topological polar surface area (TPSA) is 20.3 Å². The predicted octanol–water partition coefficient (Wildman–Crippen LogP) is 2.27. The van der Waals surface area contributed by atoms with E-state index in [1.165, 1.54) is 16.5 Å². The fourth-order valence-corrected chi connectivity index (χ4v) is 2.07. The molecule has 0 bridgehead atoms. The van der Waals surface area contributed by atoms with Crippen molar-refractivity contribution in [1.82, 2.24) is 0 Å². The third-order valence-electron chi connectivity index (χ3n) is 2.70. The summed E-state index contributed by atoms with van der Waals surface area (Å²) >= 11 is 4.72. The largest absolute Gasteiger partial charge is 0.312 e. The molecule has 1 aliphatic heterocycles. The highest BCUT2D eigenvalue weighted by atomic mass is 32.1. The molecule has 0 saturated carbocycles. The van der Waals surface area contributed by atoms with Crippen molar-refractivity contribution < 1.29 is 4.79 Å². The van der Waals surface area contributed by atoms with Crippen LogP contribution in [0.25, 0.3) is 0 Å². The predicted molar refractivity (Wildman–Crippen MR) is 65.5 cm³/mol. The average Bonchev–Trinajstić information content (AvgIpc) is 2.60. The van der Waals surface area contributed by atoms with E-state index in [2.05, 4.69) is 18.2 Å². The first-order chi connectivity index (χ1) is 7.22. The highest BCUT2D eigenvalue weighted by Gasteiger charge is 2.23. The summed E-state index contributed by atoms with van der Waals surface area (Å²) in [6, 6.07) is 6.27. The second-order valence-corrected chi connectivity index (χ2v) is 4.13. The minimum absolute atomic E-state index is 0.106. The Bertz CT molecular complexity index is 414. The van der Waals surface area contributed by atoms with Crippen molar-refractivity contribution in [3.63, 3.8) is 0 Å². The molecule has 0 unspecified atom stereocenters. The van der Waals surface area contributed by atoms with Crippen LogP contribution in [0, 0.1) is 6.92 Å². The van der Waals surface area contributed by atoms with Crippen LogP contribution >= 0.6 is 12.2 Å². The van der Waals surface area contributed by atoms with E-state index in [0.717, 1.165) is 18.7 Å². The van der Waals surface area contributed by atoms with Gasteiger partial charge in [-0.05, 0) is 35.9 Å². The van der Waals surface area contributed by atoms with Crippen LogP contribution in [0.15, 0.2) is 18.2 Å². The van der Waals surface area contributed by atoms with Gasteiger partial charge in [-0.15, -0.1) is 0 Å². The number of carbonyl (C=O) groups excluding carboxylic acids is 1. The molecule has 2 nitrogen and oxygen atoms in total. The summed E-state index contributed by atoms with van der Waals surface area (Å²) in [7, 11) is 0. The number of thiocarbonyl (C=S) groups is 1. The lowest BCUT2D eigenvalue weighted by Crippen LogP contribution is -2.28. The molecule has 3 heteroatoms. The van der Waals surface area contributed by atoms with Gasteiger partial charge in [0.2, 0.25) is 5.91 Å². The molecule has 1 aliphatic rings. The van der Waals surface area contributed by atoms with Crippen LogP contribution in [0.5, 0.6) is 0 Å². The first-order valence-corrected chi connectivity index (χ1v) is 5.53. The zero-order chi connectivity index (χ0) is 10.8. The highest BCUT2D eigenvalue weighted by molar-refractivity contribution is 7.79. The number of benzene rings is 1. The van der Waals surface area contributed by atoms with Gasteiger partial charge in [0, 0.05) is 12.2 Å². The van der Waals surface area contributed by atoms with Crippen molar-refractivity contribution in [2.75, 3.05) is 11.4 Å². The molecule has 2 rings (SSSR count). The number of hydrogen-bond donors (Lipinski definition) is 0. The maximum Gasteiger partial charge on any atom is 0.231 e. The van der Waals surface area contributed by atoms with Gasteiger partial charge in [0.05, 0.1) is 6.42 Å². The molecule has 0 spiro atoms. The Balaban J connectivity index is 2.31. The van der Waals surface area contributed by atoms with Crippen LogP contribution in [0.2, 0.25) is 0 Å². The smallest absolute Gasteiger partial charge is 0.231 e. The van der Waals surface area contributed by atoms with Crippen LogP contribution in [0.1, 0.15) is 17.5 Å². The second-order valence-electron chi connectivity index (χ2n) is 3.80. The van der Waals surface area contributed by atoms with E-state index >= 15 is 0 Å². The van der Waals surface area contributed by atoms with Gasteiger partial charge in [0.25, 0.3) is 0 Å². The Morgan fingerprint density at radius 3 is 3.13 bits per heavy atom. The fourth-order valence-electron chi connectivity index (χ4n) is 1.93. The van der Waals surface area contributed by atoms with Gasteiger partial charge in [-0.25, -0.2) is 0 Å². The van der Waals surface area contributed by atoms with Gasteiger partial charge in [0.1, 0.15) is 0 Å². The van der Waals surface area contributed by atoms with E-state index in [1.807, 2.05) is 11.8 Å². The highest BCUT2D eigenvalue weighted by Crippen LogP contribution is 2.29. The summed E-state index contributed by atoms with van der Waals surface area (Å²) < 4.78 is 0. The Kier molecular flexibility index (Phi) is 2.82. The molecule has 1 amide bonds. The summed E-state index contributed by atoms with van der Waals surface area (Å²) in [4.78, 5) is 13.6. The lowest BCUT2D eigenvalue weighted by atomic mass is 10.1. The first kappa shape index (κ1) is 10.3. The minimum Gasteiger partial charge on any atom is -0.312 e. The Labute approximate surface area is 94.9 Å². The molecule has 0 saturated heterocycles. The molecule has 1 aromatic carbocycles. The lowest BCUT2D eigenvalue weighted by Gasteiger charge is -2.16. The minimum atomic E-state index is 0.106. The Hall–Kier alpha value is -1.22. The normalized spacial score (nSPS) is 13.8. The van der Waals surface area contributed by atoms with Crippen LogP contribution in [-0.4, -0.2) is 17.8 Å². The molecule has 0 N–H and O–H groups in total. The van der Waals surface area contributed by atoms with E-state index in [4.69, 9.17) is 12.2 Å². The number of rotatable bonds is 2. The Morgan fingerprint density at radius 1 is 1.60 bits per heavy atom. The summed E-state index contributed by atoms with van der Waals surface area (Å²) in [5.41, 5.74) is 3.52. The Morgan fingerprint density at radius 2 is 2.40 bits per heavy atom. The maximum absolute atomic E-state index is 11.7. The van der Waals surface area contributed by atoms with Crippen molar-refractivity contribution >= 4 is 29.2 Å². The van der Waals surface area contributed by atoms with Crippen molar-refractivity contribution in [1.29, 1.82) is 0 Å². The quantitative estimate of drug-likeness (QED) is 0.711. The monoisotopic (exact) mass is 219 g/mol. The zero-order valence-electron chi connectivity index (χ0n) is 8.69. The van der Waals surface area contributed by atoms with Gasteiger partial charge >= 0.3 is 0 Å². The molecular formula is C12H13NOS. The molecule has 0 radical (unpaired) electrons. The van der Waals surface area contributed by atoms with Crippen molar-refractivity contribution in [3.05, 3.63) is 29.3 Å². The van der Waals surface area contributed by atoms with E-state index in [9.17, 15) is 4.79 Å². The van der Waals surface area contributed by atoms with Gasteiger partial charge in [-0.3, -0.25) is 4.79 Å². The zero-order valence-corrected chi connectivity index (χ0v) is 9.51. The summed E-state index contributed by atoms with van der Waals surface area (Å²) in [6.07, 6.45) is 1.31. The summed E-state index contributed by atoms with van der Waals surface area (Å²) in [6.45, 7) is 2.83. The van der Waals surface area contributed by atoms with Gasteiger partial charge < -0.3 is 4.90 Å². The number of fused-ring (bicyclic) bond motifs is 1. The first-order valence-electron chi connectivity index (χ1n) is 5.06. The molecule has 1 heterocycles. The molecule has 15 heavy (non-hydrogen) atoms. The molecular weight excluding hydrogens is 206 g/mol. The van der Waals surface area contributed by atoms with E-state index in [0.29, 0.717) is 6.42 Å². The van der Waals surface area contributed by atoms with Crippen LogP contribution in [0.4, 0.5) is 5.69 Å². The van der Waals surface area contributed by atoms with Crippen LogP contribution in [0.3, 0.4) is 0 Å². The maximum atomic E-state index is 11.7. The number of aryl methyl sites for hydroxylation is 1. The summed E-state index contributed by atoms with van der Waals surface area (Å²) in [5, 5.41) is 1.50. The third-order valence-corrected chi connectivity index (χ3v) is 2.86. The molecule has 0 aliphatic carbocycles. The van der Waals surface area contributed by atoms with Gasteiger partial charge in [0.15, 0.2) is 0 Å². The van der Waals surface area contributed by atoms with E-state index in [-0.39, 0.29) is 5.91 Å². The third kappa shape index (κ3) is 1.92. The lowest BCUT2D eigenvalue weighted by molar-refractivity contribution is -0.117. The number of anilines is 1. The van der Waals surface area contributed by atoms with Crippen LogP contribution in [-0.2, 0) is 11.2 Å². The fraction of sp³-hybridized carbons (Fsp3) is 0.333. The molecule has 0 atom stereocenters. The number of nitrogens with zero attached hydrogens (tertiary/aromatic N) is 1. The molecule has 78 valence electrons. The number of carbonyl (C=O) groups is 1. The number of hydrogen-bond acceptors (Lipinski definition) is 2. The van der Waals surface area contributed by atoms with Crippen LogP contribution < -0.4 is 4.90 Å². The van der Waals surface area contributed by atoms with Crippen molar-refractivity contribution in [2.45, 2.75) is 19.8 Å². The van der Waals surface area contributed by atoms with Gasteiger partial charge in [-0.1, -0.05) is 24.4 Å². The molecule has 1 aromatic rings. The number of amides is 1. The van der Waals surface area contributed by atoms with Gasteiger partial charge in [-0.2, -0.15) is 0 Å². The second kappa shape index (κ2) is 4.11. The van der Waals surface area contributed by atoms with Crippen molar-refractivity contribution in [3.8, 4) is 0 Å².